The average molecular weight is 402 g/mol. The molecule has 0 radical (unpaired) electrons. The van der Waals surface area contributed by atoms with Crippen molar-refractivity contribution in [2.24, 2.45) is 16.2 Å². The first kappa shape index (κ1) is 25.9. The fraction of sp³-hybridized carbons (Fsp3) is 0.800. The van der Waals surface area contributed by atoms with E-state index < -0.39 is 52.3 Å². The van der Waals surface area contributed by atoms with Crippen LogP contribution in [0.5, 0.6) is 0 Å². The van der Waals surface area contributed by atoms with Crippen molar-refractivity contribution in [3.8, 4) is 0 Å². The smallest absolute Gasteiger partial charge is 0.317 e. The first-order valence-electron chi connectivity index (χ1n) is 9.33. The molecule has 0 rings (SSSR count). The van der Waals surface area contributed by atoms with Gasteiger partial charge in [0.1, 0.15) is 17.6 Å². The normalized spacial score (nSPS) is 16.4. The molecule has 0 spiro atoms. The number of ether oxygens (including phenoxy) is 2. The van der Waals surface area contributed by atoms with Crippen molar-refractivity contribution in [1.82, 2.24) is 0 Å². The van der Waals surface area contributed by atoms with Crippen LogP contribution in [0.15, 0.2) is 0 Å². The summed E-state index contributed by atoms with van der Waals surface area (Å²) in [4.78, 5) is 47.8. The number of aliphatic carboxylic acids is 2. The van der Waals surface area contributed by atoms with E-state index in [-0.39, 0.29) is 19.3 Å². The standard InChI is InChI=1S/C20H34O8/c1-12(27-16(25)18(3,4)5)20(15(23)24,11-9-10-14(21)22)13(2)28-17(26)19(6,7)8/h12-13H,9-11H2,1-8H3,(H,21,22)(H,23,24). The van der Waals surface area contributed by atoms with Crippen LogP contribution in [-0.4, -0.2) is 46.3 Å². The molecule has 0 aliphatic carbocycles. The minimum absolute atomic E-state index is 0.0243. The summed E-state index contributed by atoms with van der Waals surface area (Å²) in [5.74, 6) is -3.59. The fourth-order valence-electron chi connectivity index (χ4n) is 2.61. The molecule has 8 heteroatoms. The summed E-state index contributed by atoms with van der Waals surface area (Å²) in [7, 11) is 0. The lowest BCUT2D eigenvalue weighted by Crippen LogP contribution is -2.53. The van der Waals surface area contributed by atoms with Crippen LogP contribution in [0.1, 0.15) is 74.7 Å². The predicted octanol–water partition coefficient (Wildman–Crippen LogP) is 3.27. The first-order chi connectivity index (χ1) is 12.5. The maximum atomic E-state index is 12.3. The quantitative estimate of drug-likeness (QED) is 0.563. The summed E-state index contributed by atoms with van der Waals surface area (Å²) >= 11 is 0. The van der Waals surface area contributed by atoms with Gasteiger partial charge in [-0.2, -0.15) is 0 Å². The molecule has 0 aromatic rings. The summed E-state index contributed by atoms with van der Waals surface area (Å²) in [6.07, 6.45) is -2.65. The van der Waals surface area contributed by atoms with Crippen molar-refractivity contribution >= 4 is 23.9 Å². The highest BCUT2D eigenvalue weighted by molar-refractivity contribution is 5.80. The highest BCUT2D eigenvalue weighted by Gasteiger charge is 2.53. The predicted molar refractivity (Wildman–Crippen MR) is 102 cm³/mol. The van der Waals surface area contributed by atoms with Gasteiger partial charge >= 0.3 is 23.9 Å². The van der Waals surface area contributed by atoms with Gasteiger partial charge in [-0.25, -0.2) is 0 Å². The van der Waals surface area contributed by atoms with Crippen LogP contribution >= 0.6 is 0 Å². The Kier molecular flexibility index (Phi) is 8.68. The van der Waals surface area contributed by atoms with Crippen molar-refractivity contribution in [1.29, 1.82) is 0 Å². The van der Waals surface area contributed by atoms with Crippen LogP contribution in [-0.2, 0) is 28.7 Å². The average Bonchev–Trinajstić information content (AvgIpc) is 2.48. The molecule has 2 N–H and O–H groups in total. The van der Waals surface area contributed by atoms with Gasteiger partial charge in [0.05, 0.1) is 10.8 Å². The third-order valence-corrected chi connectivity index (χ3v) is 4.62. The lowest BCUT2D eigenvalue weighted by molar-refractivity contribution is -0.193. The third-order valence-electron chi connectivity index (χ3n) is 4.62. The van der Waals surface area contributed by atoms with E-state index in [9.17, 15) is 24.3 Å². The Morgan fingerprint density at radius 1 is 0.786 bits per heavy atom. The van der Waals surface area contributed by atoms with Crippen molar-refractivity contribution < 1.29 is 38.9 Å². The molecular weight excluding hydrogens is 368 g/mol. The van der Waals surface area contributed by atoms with E-state index in [2.05, 4.69) is 0 Å². The zero-order valence-corrected chi connectivity index (χ0v) is 18.1. The lowest BCUT2D eigenvalue weighted by Gasteiger charge is -2.40. The maximum Gasteiger partial charge on any atom is 0.317 e. The number of carboxylic acid groups (broad SMARTS) is 2. The molecule has 162 valence electrons. The summed E-state index contributed by atoms with van der Waals surface area (Å²) in [6.45, 7) is 12.7. The van der Waals surface area contributed by atoms with Crippen molar-refractivity contribution in [2.45, 2.75) is 86.9 Å². The zero-order valence-electron chi connectivity index (χ0n) is 18.1. The van der Waals surface area contributed by atoms with Crippen LogP contribution in [0.4, 0.5) is 0 Å². The monoisotopic (exact) mass is 402 g/mol. The van der Waals surface area contributed by atoms with Crippen molar-refractivity contribution in [3.63, 3.8) is 0 Å². The molecule has 8 nitrogen and oxygen atoms in total. The fourth-order valence-corrected chi connectivity index (χ4v) is 2.61. The molecule has 0 heterocycles. The van der Waals surface area contributed by atoms with E-state index in [1.54, 1.807) is 41.5 Å². The highest BCUT2D eigenvalue weighted by atomic mass is 16.6. The van der Waals surface area contributed by atoms with Crippen LogP contribution in [0.2, 0.25) is 0 Å². The molecule has 0 aliphatic heterocycles. The number of carbonyl (C=O) groups excluding carboxylic acids is 2. The molecule has 0 saturated carbocycles. The second kappa shape index (κ2) is 9.39. The molecule has 2 atom stereocenters. The van der Waals surface area contributed by atoms with Crippen molar-refractivity contribution in [3.05, 3.63) is 0 Å². The minimum atomic E-state index is -1.78. The van der Waals surface area contributed by atoms with E-state index in [0.29, 0.717) is 0 Å². The third kappa shape index (κ3) is 6.80. The Balaban J connectivity index is 5.93. The summed E-state index contributed by atoms with van der Waals surface area (Å²) < 4.78 is 10.9. The van der Waals surface area contributed by atoms with Crippen LogP contribution < -0.4 is 0 Å². The van der Waals surface area contributed by atoms with E-state index in [4.69, 9.17) is 14.6 Å². The topological polar surface area (TPSA) is 127 Å². The molecule has 28 heavy (non-hydrogen) atoms. The van der Waals surface area contributed by atoms with E-state index in [1.165, 1.54) is 13.8 Å². The Morgan fingerprint density at radius 3 is 1.39 bits per heavy atom. The number of carboxylic acids is 2. The maximum absolute atomic E-state index is 12.3. The first-order valence-corrected chi connectivity index (χ1v) is 9.33. The Labute approximate surface area is 166 Å². The molecule has 0 amide bonds. The van der Waals surface area contributed by atoms with E-state index >= 15 is 0 Å². The summed E-state index contributed by atoms with van der Waals surface area (Å²) in [5, 5.41) is 18.9. The number of hydrogen-bond acceptors (Lipinski definition) is 6. The number of hydrogen-bond donors (Lipinski definition) is 2. The van der Waals surface area contributed by atoms with Crippen molar-refractivity contribution in [2.75, 3.05) is 0 Å². The van der Waals surface area contributed by atoms with Crippen LogP contribution in [0.3, 0.4) is 0 Å². The molecule has 0 fully saturated rings. The Hall–Kier alpha value is -2.12. The van der Waals surface area contributed by atoms with Gasteiger partial charge in [-0.3, -0.25) is 19.2 Å². The number of carbonyl (C=O) groups is 4. The lowest BCUT2D eigenvalue weighted by atomic mass is 9.73. The molecule has 0 aromatic heterocycles. The largest absolute Gasteiger partial charge is 0.481 e. The second-order valence-corrected chi connectivity index (χ2v) is 9.19. The van der Waals surface area contributed by atoms with Gasteiger partial charge in [0.2, 0.25) is 0 Å². The van der Waals surface area contributed by atoms with Gasteiger partial charge < -0.3 is 19.7 Å². The van der Waals surface area contributed by atoms with Gasteiger partial charge in [-0.05, 0) is 68.2 Å². The summed E-state index contributed by atoms with van der Waals surface area (Å²) in [6, 6.07) is 0. The van der Waals surface area contributed by atoms with E-state index in [1.807, 2.05) is 0 Å². The second-order valence-electron chi connectivity index (χ2n) is 9.19. The van der Waals surface area contributed by atoms with Gasteiger partial charge in [-0.15, -0.1) is 0 Å². The Morgan fingerprint density at radius 2 is 1.14 bits per heavy atom. The van der Waals surface area contributed by atoms with Crippen LogP contribution in [0, 0.1) is 16.2 Å². The Bertz CT molecular complexity index is 560. The molecule has 0 bridgehead atoms. The number of rotatable bonds is 9. The SMILES string of the molecule is CC(OC(=O)C(C)(C)C)C(CCCC(=O)O)(C(=O)O)C(C)OC(=O)C(C)(C)C. The molecule has 0 aliphatic rings. The zero-order chi connectivity index (χ0) is 22.5. The van der Waals surface area contributed by atoms with Gasteiger partial charge in [0.15, 0.2) is 0 Å². The molecular formula is C20H34O8. The van der Waals surface area contributed by atoms with Crippen LogP contribution in [0.25, 0.3) is 0 Å². The van der Waals surface area contributed by atoms with Gasteiger partial charge in [-0.1, -0.05) is 0 Å². The number of esters is 2. The van der Waals surface area contributed by atoms with E-state index in [0.717, 1.165) is 0 Å². The molecule has 0 aromatic carbocycles. The molecule has 2 unspecified atom stereocenters. The molecule has 0 saturated heterocycles. The summed E-state index contributed by atoms with van der Waals surface area (Å²) in [5.41, 5.74) is -3.49. The van der Waals surface area contributed by atoms with Gasteiger partial charge in [0.25, 0.3) is 0 Å². The minimum Gasteiger partial charge on any atom is -0.481 e. The highest BCUT2D eigenvalue weighted by Crippen LogP contribution is 2.39. The van der Waals surface area contributed by atoms with Gasteiger partial charge in [0, 0.05) is 6.42 Å².